The average Bonchev–Trinajstić information content (AvgIpc) is 3.40. The average molecular weight is 455 g/mol. The minimum absolute atomic E-state index is 0.00137. The van der Waals surface area contributed by atoms with E-state index >= 15 is 0 Å². The first-order chi connectivity index (χ1) is 15.3. The fraction of sp³-hybridized carbons (Fsp3) is 0.217. The summed E-state index contributed by atoms with van der Waals surface area (Å²) in [5.74, 6) is -1.11. The van der Waals surface area contributed by atoms with Gasteiger partial charge in [0.2, 0.25) is 5.76 Å². The molecule has 3 aromatic rings. The minimum Gasteiger partial charge on any atom is -0.463 e. The predicted octanol–water partition coefficient (Wildman–Crippen LogP) is 3.56. The molecule has 0 bridgehead atoms. The Morgan fingerprint density at radius 2 is 1.84 bits per heavy atom. The van der Waals surface area contributed by atoms with Crippen molar-refractivity contribution in [3.63, 3.8) is 0 Å². The number of hydrogen-bond acceptors (Lipinski definition) is 7. The fourth-order valence-electron chi connectivity index (χ4n) is 3.69. The van der Waals surface area contributed by atoms with E-state index in [4.69, 9.17) is 9.15 Å². The Labute approximate surface area is 185 Å². The Bertz CT molecular complexity index is 1280. The third kappa shape index (κ3) is 3.99. The number of rotatable bonds is 6. The van der Waals surface area contributed by atoms with E-state index in [2.05, 4.69) is 4.74 Å². The molecule has 0 N–H and O–H groups in total. The van der Waals surface area contributed by atoms with Crippen LogP contribution in [0.4, 0.5) is 5.69 Å². The second-order valence-electron chi connectivity index (χ2n) is 7.34. The zero-order chi connectivity index (χ0) is 22.9. The molecule has 0 spiro atoms. The van der Waals surface area contributed by atoms with Gasteiger partial charge in [-0.2, -0.15) is 0 Å². The number of fused-ring (bicyclic) bond motifs is 1. The number of carbonyl (C=O) groups excluding carboxylic acids is 2. The molecule has 0 radical (unpaired) electrons. The maximum atomic E-state index is 13.4. The maximum absolute atomic E-state index is 13.4. The number of benzene rings is 2. The standard InChI is InChI=1S/C23H21NO7S/c1-15-12-16-6-3-4-9-20(16)24(15)32(27,28)19-8-5-7-17(13-19)22(25)30-14-18-10-11-21(31-18)23(26)29-2/h3-11,13,15H,12,14H2,1-2H3/t15-/m0/s1. The quantitative estimate of drug-likeness (QED) is 0.524. The van der Waals surface area contributed by atoms with Gasteiger partial charge >= 0.3 is 11.9 Å². The molecule has 166 valence electrons. The summed E-state index contributed by atoms with van der Waals surface area (Å²) in [6.07, 6.45) is 0.619. The highest BCUT2D eigenvalue weighted by Crippen LogP contribution is 2.36. The van der Waals surface area contributed by atoms with E-state index in [0.29, 0.717) is 12.1 Å². The SMILES string of the molecule is COC(=O)c1ccc(COC(=O)c2cccc(S(=O)(=O)N3c4ccccc4C[C@@H]3C)c2)o1. The molecule has 2 aromatic carbocycles. The number of ether oxygens (including phenoxy) is 2. The molecule has 1 atom stereocenters. The molecule has 1 aliphatic rings. The number of para-hydroxylation sites is 1. The molecule has 0 aliphatic carbocycles. The molecule has 32 heavy (non-hydrogen) atoms. The first-order valence-corrected chi connectivity index (χ1v) is 11.3. The first-order valence-electron chi connectivity index (χ1n) is 9.88. The van der Waals surface area contributed by atoms with Crippen molar-refractivity contribution in [1.82, 2.24) is 0 Å². The summed E-state index contributed by atoms with van der Waals surface area (Å²) in [6.45, 7) is 1.63. The van der Waals surface area contributed by atoms with Crippen molar-refractivity contribution in [3.8, 4) is 0 Å². The van der Waals surface area contributed by atoms with E-state index < -0.39 is 22.0 Å². The van der Waals surface area contributed by atoms with Crippen LogP contribution in [0, 0.1) is 0 Å². The lowest BCUT2D eigenvalue weighted by atomic mass is 10.1. The number of methoxy groups -OCH3 is 1. The third-order valence-electron chi connectivity index (χ3n) is 5.17. The highest BCUT2D eigenvalue weighted by atomic mass is 32.2. The smallest absolute Gasteiger partial charge is 0.373 e. The van der Waals surface area contributed by atoms with Crippen molar-refractivity contribution < 1.29 is 31.9 Å². The zero-order valence-electron chi connectivity index (χ0n) is 17.5. The molecule has 0 unspecified atom stereocenters. The van der Waals surface area contributed by atoms with Crippen LogP contribution >= 0.6 is 0 Å². The number of esters is 2. The third-order valence-corrected chi connectivity index (χ3v) is 7.09. The van der Waals surface area contributed by atoms with Crippen LogP contribution in [0.1, 0.15) is 39.2 Å². The summed E-state index contributed by atoms with van der Waals surface area (Å²) in [5.41, 5.74) is 1.70. The summed E-state index contributed by atoms with van der Waals surface area (Å²) in [5, 5.41) is 0. The summed E-state index contributed by atoms with van der Waals surface area (Å²) in [6, 6.07) is 15.8. The number of nitrogens with zero attached hydrogens (tertiary/aromatic N) is 1. The largest absolute Gasteiger partial charge is 0.463 e. The van der Waals surface area contributed by atoms with Gasteiger partial charge in [-0.05, 0) is 55.3 Å². The molecule has 9 heteroatoms. The second-order valence-corrected chi connectivity index (χ2v) is 9.16. The Kier molecular flexibility index (Phi) is 5.75. The van der Waals surface area contributed by atoms with Gasteiger partial charge in [-0.25, -0.2) is 18.0 Å². The molecule has 0 amide bonds. The highest BCUT2D eigenvalue weighted by Gasteiger charge is 2.36. The Morgan fingerprint density at radius 3 is 2.62 bits per heavy atom. The van der Waals surface area contributed by atoms with E-state index in [1.807, 2.05) is 19.1 Å². The van der Waals surface area contributed by atoms with Crippen LogP contribution in [0.3, 0.4) is 0 Å². The maximum Gasteiger partial charge on any atom is 0.373 e. The summed E-state index contributed by atoms with van der Waals surface area (Å²) >= 11 is 0. The molecule has 0 saturated carbocycles. The van der Waals surface area contributed by atoms with Gasteiger partial charge in [0.25, 0.3) is 10.0 Å². The molecule has 4 rings (SSSR count). The number of furan rings is 1. The second kappa shape index (κ2) is 8.51. The number of hydrogen-bond donors (Lipinski definition) is 0. The van der Waals surface area contributed by atoms with Crippen molar-refractivity contribution in [2.75, 3.05) is 11.4 Å². The summed E-state index contributed by atoms with van der Waals surface area (Å²) in [7, 11) is -2.65. The van der Waals surface area contributed by atoms with E-state index in [1.54, 1.807) is 12.1 Å². The van der Waals surface area contributed by atoms with Crippen molar-refractivity contribution in [1.29, 1.82) is 0 Å². The van der Waals surface area contributed by atoms with Crippen molar-refractivity contribution in [2.24, 2.45) is 0 Å². The lowest BCUT2D eigenvalue weighted by molar-refractivity contribution is 0.0438. The van der Waals surface area contributed by atoms with E-state index in [9.17, 15) is 18.0 Å². The van der Waals surface area contributed by atoms with Crippen molar-refractivity contribution in [2.45, 2.75) is 30.9 Å². The monoisotopic (exact) mass is 455 g/mol. The van der Waals surface area contributed by atoms with Gasteiger partial charge in [-0.3, -0.25) is 4.31 Å². The van der Waals surface area contributed by atoms with E-state index in [0.717, 1.165) is 5.56 Å². The van der Waals surface area contributed by atoms with Crippen molar-refractivity contribution >= 4 is 27.6 Å². The highest BCUT2D eigenvalue weighted by molar-refractivity contribution is 7.92. The summed E-state index contributed by atoms with van der Waals surface area (Å²) < 4.78 is 43.2. The zero-order valence-corrected chi connectivity index (χ0v) is 18.3. The van der Waals surface area contributed by atoms with Gasteiger partial charge in [-0.1, -0.05) is 24.3 Å². The molecule has 2 heterocycles. The topological polar surface area (TPSA) is 103 Å². The molecule has 0 saturated heterocycles. The van der Waals surface area contributed by atoms with Crippen molar-refractivity contribution in [3.05, 3.63) is 83.3 Å². The molecular weight excluding hydrogens is 434 g/mol. The van der Waals surface area contributed by atoms with E-state index in [1.165, 1.54) is 47.8 Å². The van der Waals surface area contributed by atoms with Gasteiger partial charge in [0.05, 0.1) is 23.3 Å². The van der Waals surface area contributed by atoms with Gasteiger partial charge in [0.15, 0.2) is 0 Å². The molecule has 1 aliphatic heterocycles. The van der Waals surface area contributed by atoms with Crippen LogP contribution < -0.4 is 4.31 Å². The van der Waals surface area contributed by atoms with Crippen LogP contribution in [-0.4, -0.2) is 33.5 Å². The number of anilines is 1. The predicted molar refractivity (Wildman–Crippen MR) is 115 cm³/mol. The van der Waals surface area contributed by atoms with Crippen LogP contribution in [0.15, 0.2) is 70.0 Å². The lowest BCUT2D eigenvalue weighted by Crippen LogP contribution is -2.35. The number of carbonyl (C=O) groups is 2. The minimum atomic E-state index is -3.88. The van der Waals surface area contributed by atoms with Crippen LogP contribution in [0.2, 0.25) is 0 Å². The van der Waals surface area contributed by atoms with Crippen LogP contribution in [0.25, 0.3) is 0 Å². The van der Waals surface area contributed by atoms with Crippen LogP contribution in [0.5, 0.6) is 0 Å². The van der Waals surface area contributed by atoms with Gasteiger partial charge in [-0.15, -0.1) is 0 Å². The van der Waals surface area contributed by atoms with Gasteiger partial charge in [0, 0.05) is 6.04 Å². The number of sulfonamides is 1. The molecular formula is C23H21NO7S. The Balaban J connectivity index is 1.52. The lowest BCUT2D eigenvalue weighted by Gasteiger charge is -2.24. The normalized spacial score (nSPS) is 15.3. The Morgan fingerprint density at radius 1 is 1.06 bits per heavy atom. The van der Waals surface area contributed by atoms with E-state index in [-0.39, 0.29) is 34.6 Å². The van der Waals surface area contributed by atoms with Gasteiger partial charge in [0.1, 0.15) is 12.4 Å². The molecule has 0 fully saturated rings. The first kappa shape index (κ1) is 21.6. The molecule has 1 aromatic heterocycles. The fourth-order valence-corrected chi connectivity index (χ4v) is 5.43. The Hall–Kier alpha value is -3.59. The van der Waals surface area contributed by atoms with Gasteiger partial charge < -0.3 is 13.9 Å². The summed E-state index contributed by atoms with van der Waals surface area (Å²) in [4.78, 5) is 24.0. The molecule has 8 nitrogen and oxygen atoms in total. The van der Waals surface area contributed by atoms with Crippen LogP contribution in [-0.2, 0) is 32.5 Å².